The van der Waals surface area contributed by atoms with Crippen molar-refractivity contribution in [3.8, 4) is 11.5 Å². The molecule has 1 amide bonds. The first-order chi connectivity index (χ1) is 12.7. The summed E-state index contributed by atoms with van der Waals surface area (Å²) in [5, 5.41) is 2.89. The second-order valence-electron chi connectivity index (χ2n) is 6.47. The SMILES string of the molecule is C=CCOc1ccc(NC(=O)C(C)Oc2cccc3c2CCCC3)cc1. The Balaban J connectivity index is 1.61. The summed E-state index contributed by atoms with van der Waals surface area (Å²) in [5.41, 5.74) is 3.31. The van der Waals surface area contributed by atoms with E-state index in [2.05, 4.69) is 18.0 Å². The Labute approximate surface area is 154 Å². The number of nitrogens with one attached hydrogen (secondary N) is 1. The lowest BCUT2D eigenvalue weighted by Crippen LogP contribution is -2.30. The highest BCUT2D eigenvalue weighted by Crippen LogP contribution is 2.30. The highest BCUT2D eigenvalue weighted by molar-refractivity contribution is 5.94. The number of hydrogen-bond acceptors (Lipinski definition) is 3. The predicted octanol–water partition coefficient (Wildman–Crippen LogP) is 4.54. The smallest absolute Gasteiger partial charge is 0.265 e. The second-order valence-corrected chi connectivity index (χ2v) is 6.47. The molecule has 1 aliphatic rings. The molecule has 4 heteroatoms. The molecule has 0 fully saturated rings. The summed E-state index contributed by atoms with van der Waals surface area (Å²) in [6.45, 7) is 5.85. The fourth-order valence-corrected chi connectivity index (χ4v) is 3.13. The van der Waals surface area contributed by atoms with Crippen LogP contribution in [-0.4, -0.2) is 18.6 Å². The van der Waals surface area contributed by atoms with E-state index in [1.165, 1.54) is 24.0 Å². The maximum absolute atomic E-state index is 12.5. The average Bonchev–Trinajstić information content (AvgIpc) is 2.67. The molecule has 1 aliphatic carbocycles. The van der Waals surface area contributed by atoms with Gasteiger partial charge in [-0.25, -0.2) is 0 Å². The number of benzene rings is 2. The monoisotopic (exact) mass is 351 g/mol. The maximum atomic E-state index is 12.5. The van der Waals surface area contributed by atoms with Gasteiger partial charge < -0.3 is 14.8 Å². The molecule has 0 radical (unpaired) electrons. The van der Waals surface area contributed by atoms with E-state index in [1.54, 1.807) is 13.0 Å². The molecule has 2 aromatic carbocycles. The highest BCUT2D eigenvalue weighted by Gasteiger charge is 2.19. The first-order valence-corrected chi connectivity index (χ1v) is 9.09. The first kappa shape index (κ1) is 18.1. The van der Waals surface area contributed by atoms with E-state index in [-0.39, 0.29) is 5.91 Å². The van der Waals surface area contributed by atoms with Crippen LogP contribution in [0.1, 0.15) is 30.9 Å². The van der Waals surface area contributed by atoms with E-state index in [0.717, 1.165) is 24.3 Å². The van der Waals surface area contributed by atoms with Gasteiger partial charge >= 0.3 is 0 Å². The number of carbonyl (C=O) groups excluding carboxylic acids is 1. The van der Waals surface area contributed by atoms with Gasteiger partial charge in [-0.3, -0.25) is 4.79 Å². The number of carbonyl (C=O) groups is 1. The fourth-order valence-electron chi connectivity index (χ4n) is 3.13. The van der Waals surface area contributed by atoms with Gasteiger partial charge in [0.05, 0.1) is 0 Å². The molecule has 3 rings (SSSR count). The first-order valence-electron chi connectivity index (χ1n) is 9.09. The van der Waals surface area contributed by atoms with Crippen molar-refractivity contribution in [1.29, 1.82) is 0 Å². The molecule has 0 saturated heterocycles. The van der Waals surface area contributed by atoms with Gasteiger partial charge in [0.2, 0.25) is 0 Å². The summed E-state index contributed by atoms with van der Waals surface area (Å²) in [5.74, 6) is 1.40. The summed E-state index contributed by atoms with van der Waals surface area (Å²) in [6, 6.07) is 13.4. The van der Waals surface area contributed by atoms with Crippen molar-refractivity contribution >= 4 is 11.6 Å². The Morgan fingerprint density at radius 1 is 1.19 bits per heavy atom. The van der Waals surface area contributed by atoms with Gasteiger partial charge in [-0.05, 0) is 74.1 Å². The molecule has 0 spiro atoms. The highest BCUT2D eigenvalue weighted by atomic mass is 16.5. The Morgan fingerprint density at radius 3 is 2.73 bits per heavy atom. The quantitative estimate of drug-likeness (QED) is 0.745. The molecule has 1 unspecified atom stereocenters. The third-order valence-electron chi connectivity index (χ3n) is 4.52. The number of hydrogen-bond donors (Lipinski definition) is 1. The predicted molar refractivity (Wildman–Crippen MR) is 104 cm³/mol. The topological polar surface area (TPSA) is 47.6 Å². The molecule has 0 heterocycles. The van der Waals surface area contributed by atoms with Crippen LogP contribution in [-0.2, 0) is 17.6 Å². The molecule has 1 N–H and O–H groups in total. The van der Waals surface area contributed by atoms with Crippen molar-refractivity contribution < 1.29 is 14.3 Å². The number of anilines is 1. The maximum Gasteiger partial charge on any atom is 0.265 e. The molecule has 1 atom stereocenters. The van der Waals surface area contributed by atoms with Crippen LogP contribution in [0, 0.1) is 0 Å². The van der Waals surface area contributed by atoms with Gasteiger partial charge in [0.1, 0.15) is 18.1 Å². The van der Waals surface area contributed by atoms with Crippen molar-refractivity contribution in [2.24, 2.45) is 0 Å². The van der Waals surface area contributed by atoms with E-state index in [4.69, 9.17) is 9.47 Å². The molecular weight excluding hydrogens is 326 g/mol. The van der Waals surface area contributed by atoms with Crippen LogP contribution in [0.15, 0.2) is 55.1 Å². The Morgan fingerprint density at radius 2 is 1.96 bits per heavy atom. The number of fused-ring (bicyclic) bond motifs is 1. The van der Waals surface area contributed by atoms with E-state index in [1.807, 2.05) is 36.4 Å². The standard InChI is InChI=1S/C22H25NO3/c1-3-15-25-19-13-11-18(12-14-19)23-22(24)16(2)26-21-10-6-8-17-7-4-5-9-20(17)21/h3,6,8,10-14,16H,1,4-5,7,9,15H2,2H3,(H,23,24). The second kappa shape index (κ2) is 8.56. The van der Waals surface area contributed by atoms with Crippen LogP contribution in [0.4, 0.5) is 5.69 Å². The van der Waals surface area contributed by atoms with Gasteiger partial charge in [0.25, 0.3) is 5.91 Å². The molecule has 26 heavy (non-hydrogen) atoms. The number of rotatable bonds is 7. The summed E-state index contributed by atoms with van der Waals surface area (Å²) < 4.78 is 11.4. The molecule has 0 saturated carbocycles. The van der Waals surface area contributed by atoms with Gasteiger partial charge in [0.15, 0.2) is 6.10 Å². The zero-order valence-electron chi connectivity index (χ0n) is 15.2. The molecule has 2 aromatic rings. The molecule has 0 aromatic heterocycles. The minimum atomic E-state index is -0.569. The average molecular weight is 351 g/mol. The zero-order valence-corrected chi connectivity index (χ0v) is 15.2. The lowest BCUT2D eigenvalue weighted by molar-refractivity contribution is -0.122. The van der Waals surface area contributed by atoms with Crippen molar-refractivity contribution in [2.45, 2.75) is 38.7 Å². The van der Waals surface area contributed by atoms with Crippen LogP contribution in [0.25, 0.3) is 0 Å². The minimum absolute atomic E-state index is 0.168. The lowest BCUT2D eigenvalue weighted by atomic mass is 9.91. The minimum Gasteiger partial charge on any atom is -0.490 e. The van der Waals surface area contributed by atoms with E-state index in [9.17, 15) is 4.79 Å². The summed E-state index contributed by atoms with van der Waals surface area (Å²) >= 11 is 0. The van der Waals surface area contributed by atoms with E-state index in [0.29, 0.717) is 12.3 Å². The van der Waals surface area contributed by atoms with Crippen LogP contribution in [0.3, 0.4) is 0 Å². The van der Waals surface area contributed by atoms with Crippen molar-refractivity contribution in [3.05, 3.63) is 66.2 Å². The summed E-state index contributed by atoms with van der Waals surface area (Å²) in [4.78, 5) is 12.5. The molecule has 0 bridgehead atoms. The van der Waals surface area contributed by atoms with E-state index < -0.39 is 6.10 Å². The van der Waals surface area contributed by atoms with Crippen LogP contribution in [0.2, 0.25) is 0 Å². The zero-order chi connectivity index (χ0) is 18.4. The Kier molecular flexibility index (Phi) is 5.95. The number of amides is 1. The van der Waals surface area contributed by atoms with Gasteiger partial charge in [0, 0.05) is 5.69 Å². The van der Waals surface area contributed by atoms with Crippen molar-refractivity contribution in [1.82, 2.24) is 0 Å². The largest absolute Gasteiger partial charge is 0.490 e. The van der Waals surface area contributed by atoms with E-state index >= 15 is 0 Å². The van der Waals surface area contributed by atoms with Gasteiger partial charge in [-0.15, -0.1) is 0 Å². The number of aryl methyl sites for hydroxylation is 1. The fraction of sp³-hybridized carbons (Fsp3) is 0.318. The molecular formula is C22H25NO3. The van der Waals surface area contributed by atoms with Crippen LogP contribution < -0.4 is 14.8 Å². The third-order valence-corrected chi connectivity index (χ3v) is 4.52. The normalized spacial score (nSPS) is 14.0. The molecule has 136 valence electrons. The Hall–Kier alpha value is -2.75. The van der Waals surface area contributed by atoms with Gasteiger partial charge in [-0.1, -0.05) is 24.8 Å². The third kappa shape index (κ3) is 4.45. The van der Waals surface area contributed by atoms with Crippen LogP contribution in [0.5, 0.6) is 11.5 Å². The summed E-state index contributed by atoms with van der Waals surface area (Å²) in [7, 11) is 0. The lowest BCUT2D eigenvalue weighted by Gasteiger charge is -2.22. The summed E-state index contributed by atoms with van der Waals surface area (Å²) in [6.07, 6.45) is 5.63. The number of ether oxygens (including phenoxy) is 2. The molecule has 0 aliphatic heterocycles. The Bertz CT molecular complexity index is 767. The van der Waals surface area contributed by atoms with Crippen molar-refractivity contribution in [2.75, 3.05) is 11.9 Å². The van der Waals surface area contributed by atoms with Crippen molar-refractivity contribution in [3.63, 3.8) is 0 Å². The van der Waals surface area contributed by atoms with Crippen LogP contribution >= 0.6 is 0 Å². The molecule has 4 nitrogen and oxygen atoms in total. The van der Waals surface area contributed by atoms with Gasteiger partial charge in [-0.2, -0.15) is 0 Å².